The second-order valence-electron chi connectivity index (χ2n) is 3.70. The molecule has 0 radical (unpaired) electrons. The van der Waals surface area contributed by atoms with Crippen LogP contribution in [-0.4, -0.2) is 29.8 Å². The zero-order valence-electron chi connectivity index (χ0n) is 9.73. The average Bonchev–Trinajstić information content (AvgIpc) is 2.29. The maximum absolute atomic E-state index is 8.73. The summed E-state index contributed by atoms with van der Waals surface area (Å²) in [5.74, 6) is 1.16. The molecule has 0 saturated carbocycles. The van der Waals surface area contributed by atoms with Gasteiger partial charge in [0.1, 0.15) is 0 Å². The predicted octanol–water partition coefficient (Wildman–Crippen LogP) is 1.25. The molecule has 5 heteroatoms. The highest BCUT2D eigenvalue weighted by molar-refractivity contribution is 5.62. The molecule has 0 aromatic carbocycles. The predicted molar refractivity (Wildman–Crippen MR) is 64.6 cm³/mol. The van der Waals surface area contributed by atoms with Crippen molar-refractivity contribution < 1.29 is 9.84 Å². The third-order valence-corrected chi connectivity index (χ3v) is 2.29. The summed E-state index contributed by atoms with van der Waals surface area (Å²) in [6, 6.07) is 3.69. The van der Waals surface area contributed by atoms with Gasteiger partial charge in [-0.25, -0.2) is 0 Å². The van der Waals surface area contributed by atoms with Gasteiger partial charge in [-0.3, -0.25) is 0 Å². The molecule has 1 atom stereocenters. The summed E-state index contributed by atoms with van der Waals surface area (Å²) in [4.78, 5) is 4.22. The van der Waals surface area contributed by atoms with Crippen molar-refractivity contribution in [2.24, 2.45) is 0 Å². The lowest BCUT2D eigenvalue weighted by atomic mass is 10.2. The monoisotopic (exact) mass is 225 g/mol. The number of rotatable bonds is 6. The molecule has 90 valence electrons. The lowest BCUT2D eigenvalue weighted by molar-refractivity contribution is 0.282. The van der Waals surface area contributed by atoms with Gasteiger partial charge in [-0.15, -0.1) is 0 Å². The summed E-state index contributed by atoms with van der Waals surface area (Å²) < 4.78 is 5.03. The van der Waals surface area contributed by atoms with E-state index in [-0.39, 0.29) is 12.6 Å². The third kappa shape index (κ3) is 3.58. The van der Waals surface area contributed by atoms with Crippen LogP contribution < -0.4 is 15.8 Å². The molecule has 0 aliphatic rings. The van der Waals surface area contributed by atoms with Crippen molar-refractivity contribution in [1.82, 2.24) is 4.98 Å². The van der Waals surface area contributed by atoms with Crippen LogP contribution in [0.3, 0.4) is 0 Å². The molecule has 0 spiro atoms. The van der Waals surface area contributed by atoms with E-state index in [0.717, 1.165) is 12.8 Å². The second kappa shape index (κ2) is 6.17. The Kier molecular flexibility index (Phi) is 4.85. The van der Waals surface area contributed by atoms with E-state index in [0.29, 0.717) is 17.4 Å². The number of aromatic nitrogens is 1. The number of nitrogens with one attached hydrogen (secondary N) is 1. The minimum Gasteiger partial charge on any atom is -0.481 e. The molecule has 0 aliphatic heterocycles. The maximum atomic E-state index is 8.73. The summed E-state index contributed by atoms with van der Waals surface area (Å²) in [6.07, 6.45) is 1.63. The molecule has 1 rings (SSSR count). The Hall–Kier alpha value is -1.49. The first-order valence-corrected chi connectivity index (χ1v) is 5.35. The average molecular weight is 225 g/mol. The fourth-order valence-electron chi connectivity index (χ4n) is 1.38. The molecular weight excluding hydrogens is 206 g/mol. The van der Waals surface area contributed by atoms with Gasteiger partial charge >= 0.3 is 0 Å². The number of methoxy groups -OCH3 is 1. The quantitative estimate of drug-likeness (QED) is 0.679. The van der Waals surface area contributed by atoms with Crippen LogP contribution in [0.2, 0.25) is 0 Å². The van der Waals surface area contributed by atoms with E-state index in [9.17, 15) is 0 Å². The van der Waals surface area contributed by atoms with Crippen LogP contribution in [0.5, 0.6) is 5.88 Å². The second-order valence-corrected chi connectivity index (χ2v) is 3.70. The molecule has 0 aliphatic carbocycles. The third-order valence-electron chi connectivity index (χ3n) is 2.29. The van der Waals surface area contributed by atoms with E-state index in [1.807, 2.05) is 6.92 Å². The molecule has 0 amide bonds. The van der Waals surface area contributed by atoms with E-state index >= 15 is 0 Å². The standard InChI is InChI=1S/C11H19N3O2/c1-8(4-3-7-15)13-11-9(12)5-6-10(14-11)16-2/h5-6,8,15H,3-4,7,12H2,1-2H3,(H,13,14). The lowest BCUT2D eigenvalue weighted by Crippen LogP contribution is -2.17. The Balaban J connectivity index is 2.64. The number of hydrogen-bond acceptors (Lipinski definition) is 5. The molecule has 1 heterocycles. The van der Waals surface area contributed by atoms with E-state index in [1.54, 1.807) is 19.2 Å². The lowest BCUT2D eigenvalue weighted by Gasteiger charge is -2.15. The highest BCUT2D eigenvalue weighted by Gasteiger charge is 2.07. The van der Waals surface area contributed by atoms with E-state index in [1.165, 1.54) is 0 Å². The topological polar surface area (TPSA) is 80.4 Å². The van der Waals surface area contributed by atoms with Gasteiger partial charge in [0.25, 0.3) is 0 Å². The molecule has 0 saturated heterocycles. The van der Waals surface area contributed by atoms with Crippen LogP contribution in [0, 0.1) is 0 Å². The number of anilines is 2. The number of nitrogens with zero attached hydrogens (tertiary/aromatic N) is 1. The number of aliphatic hydroxyl groups excluding tert-OH is 1. The summed E-state index contributed by atoms with van der Waals surface area (Å²) in [5, 5.41) is 11.9. The van der Waals surface area contributed by atoms with Gasteiger partial charge in [-0.1, -0.05) is 0 Å². The zero-order chi connectivity index (χ0) is 12.0. The van der Waals surface area contributed by atoms with Crippen LogP contribution in [0.15, 0.2) is 12.1 Å². The fourth-order valence-corrected chi connectivity index (χ4v) is 1.38. The van der Waals surface area contributed by atoms with Crippen LogP contribution in [0.4, 0.5) is 11.5 Å². The van der Waals surface area contributed by atoms with Crippen molar-refractivity contribution in [3.8, 4) is 5.88 Å². The Morgan fingerprint density at radius 3 is 2.94 bits per heavy atom. The first-order valence-electron chi connectivity index (χ1n) is 5.35. The summed E-state index contributed by atoms with van der Waals surface area (Å²) in [6.45, 7) is 2.23. The zero-order valence-corrected chi connectivity index (χ0v) is 9.73. The number of nitrogen functional groups attached to an aromatic ring is 1. The van der Waals surface area contributed by atoms with Crippen molar-refractivity contribution in [2.75, 3.05) is 24.8 Å². The largest absolute Gasteiger partial charge is 0.481 e. The summed E-state index contributed by atoms with van der Waals surface area (Å²) in [5.41, 5.74) is 6.39. The van der Waals surface area contributed by atoms with Gasteiger partial charge < -0.3 is 20.9 Å². The molecule has 1 aromatic rings. The van der Waals surface area contributed by atoms with Crippen molar-refractivity contribution >= 4 is 11.5 Å². The van der Waals surface area contributed by atoms with Crippen LogP contribution in [0.25, 0.3) is 0 Å². The number of pyridine rings is 1. The maximum Gasteiger partial charge on any atom is 0.215 e. The van der Waals surface area contributed by atoms with Gasteiger partial charge in [-0.05, 0) is 25.8 Å². The van der Waals surface area contributed by atoms with Gasteiger partial charge in [0, 0.05) is 18.7 Å². The molecule has 0 fully saturated rings. The van der Waals surface area contributed by atoms with Gasteiger partial charge in [0.15, 0.2) is 5.82 Å². The van der Waals surface area contributed by atoms with Crippen LogP contribution >= 0.6 is 0 Å². The van der Waals surface area contributed by atoms with Crippen molar-refractivity contribution in [3.63, 3.8) is 0 Å². The first-order chi connectivity index (χ1) is 7.67. The Bertz CT molecular complexity index is 331. The SMILES string of the molecule is COc1ccc(N)c(NC(C)CCCO)n1. The Labute approximate surface area is 95.6 Å². The highest BCUT2D eigenvalue weighted by Crippen LogP contribution is 2.20. The molecule has 0 bridgehead atoms. The number of nitrogens with two attached hydrogens (primary N) is 1. The highest BCUT2D eigenvalue weighted by atomic mass is 16.5. The van der Waals surface area contributed by atoms with E-state index in [4.69, 9.17) is 15.6 Å². The molecule has 5 nitrogen and oxygen atoms in total. The molecular formula is C11H19N3O2. The Morgan fingerprint density at radius 1 is 1.56 bits per heavy atom. The van der Waals surface area contributed by atoms with E-state index < -0.39 is 0 Å². The number of hydrogen-bond donors (Lipinski definition) is 3. The van der Waals surface area contributed by atoms with Crippen molar-refractivity contribution in [2.45, 2.75) is 25.8 Å². The van der Waals surface area contributed by atoms with Gasteiger partial charge in [0.2, 0.25) is 5.88 Å². The minimum atomic E-state index is 0.201. The minimum absolute atomic E-state index is 0.201. The number of ether oxygens (including phenoxy) is 1. The van der Waals surface area contributed by atoms with Crippen LogP contribution in [-0.2, 0) is 0 Å². The molecule has 4 N–H and O–H groups in total. The van der Waals surface area contributed by atoms with Gasteiger partial charge in [0.05, 0.1) is 12.8 Å². The molecule has 1 unspecified atom stereocenters. The van der Waals surface area contributed by atoms with Crippen molar-refractivity contribution in [3.05, 3.63) is 12.1 Å². The number of aliphatic hydroxyl groups is 1. The van der Waals surface area contributed by atoms with Crippen LogP contribution in [0.1, 0.15) is 19.8 Å². The summed E-state index contributed by atoms with van der Waals surface area (Å²) in [7, 11) is 1.57. The fraction of sp³-hybridized carbons (Fsp3) is 0.545. The van der Waals surface area contributed by atoms with Gasteiger partial charge in [-0.2, -0.15) is 4.98 Å². The molecule has 1 aromatic heterocycles. The summed E-state index contributed by atoms with van der Waals surface area (Å²) >= 11 is 0. The normalized spacial score (nSPS) is 12.2. The Morgan fingerprint density at radius 2 is 2.31 bits per heavy atom. The molecule has 16 heavy (non-hydrogen) atoms. The first kappa shape index (κ1) is 12.6. The smallest absolute Gasteiger partial charge is 0.215 e. The van der Waals surface area contributed by atoms with Crippen molar-refractivity contribution in [1.29, 1.82) is 0 Å². The van der Waals surface area contributed by atoms with E-state index in [2.05, 4.69) is 10.3 Å².